The lowest BCUT2D eigenvalue weighted by atomic mass is 10.3. The number of hydrogen-bond donors (Lipinski definition) is 1. The van der Waals surface area contributed by atoms with Gasteiger partial charge in [-0.25, -0.2) is 4.98 Å². The average Bonchev–Trinajstić information content (AvgIpc) is 2.48. The van der Waals surface area contributed by atoms with E-state index in [-0.39, 0.29) is 0 Å². The molecule has 1 aromatic rings. The molecule has 1 heterocycles. The molecule has 2 N–H and O–H groups in total. The molecule has 62 valence electrons. The summed E-state index contributed by atoms with van der Waals surface area (Å²) in [4.78, 5) is 4.21. The van der Waals surface area contributed by atoms with Crippen LogP contribution in [0.15, 0.2) is 5.38 Å². The van der Waals surface area contributed by atoms with Gasteiger partial charge < -0.3 is 10.5 Å². The molecule has 0 aliphatic carbocycles. The first-order valence-corrected chi connectivity index (χ1v) is 4.43. The molecule has 0 radical (unpaired) electrons. The molecule has 0 aliphatic rings. The Labute approximate surface area is 70.2 Å². The van der Waals surface area contributed by atoms with E-state index in [1.807, 2.05) is 5.38 Å². The summed E-state index contributed by atoms with van der Waals surface area (Å²) in [5.41, 5.74) is 5.36. The number of aryl methyl sites for hydroxylation is 1. The number of aromatic nitrogens is 1. The summed E-state index contributed by atoms with van der Waals surface area (Å²) in [6.45, 7) is 0.724. The summed E-state index contributed by atoms with van der Waals surface area (Å²) in [7, 11) is 1.63. The van der Waals surface area contributed by atoms with Gasteiger partial charge >= 0.3 is 0 Å². The van der Waals surface area contributed by atoms with E-state index >= 15 is 0 Å². The molecule has 0 amide bonds. The molecule has 3 nitrogen and oxygen atoms in total. The summed E-state index contributed by atoms with van der Waals surface area (Å²) in [6.07, 6.45) is 1.96. The maximum absolute atomic E-state index is 5.36. The van der Waals surface area contributed by atoms with Gasteiger partial charge in [-0.1, -0.05) is 0 Å². The number of nitrogens with zero attached hydrogens (tertiary/aromatic N) is 1. The molecule has 0 aromatic carbocycles. The first-order chi connectivity index (χ1) is 5.36. The van der Waals surface area contributed by atoms with Crippen molar-refractivity contribution < 1.29 is 4.74 Å². The van der Waals surface area contributed by atoms with Crippen LogP contribution in [0.2, 0.25) is 0 Å². The van der Waals surface area contributed by atoms with Crippen LogP contribution < -0.4 is 10.5 Å². The average molecular weight is 172 g/mol. The molecule has 0 aliphatic heterocycles. The fraction of sp³-hybridized carbons (Fsp3) is 0.571. The zero-order valence-corrected chi connectivity index (χ0v) is 7.36. The Hall–Kier alpha value is -0.610. The number of thiazole rings is 1. The highest BCUT2D eigenvalue weighted by Gasteiger charge is 1.99. The van der Waals surface area contributed by atoms with Gasteiger partial charge in [0, 0.05) is 6.42 Å². The van der Waals surface area contributed by atoms with Crippen LogP contribution in [0.1, 0.15) is 11.4 Å². The van der Waals surface area contributed by atoms with Crippen LogP contribution in [0.5, 0.6) is 5.88 Å². The minimum atomic E-state index is 0.710. The summed E-state index contributed by atoms with van der Waals surface area (Å²) in [6, 6.07) is 0. The molecule has 1 rings (SSSR count). The van der Waals surface area contributed by atoms with Crippen molar-refractivity contribution in [3.63, 3.8) is 0 Å². The lowest BCUT2D eigenvalue weighted by Gasteiger charge is -1.91. The minimum Gasteiger partial charge on any atom is -0.480 e. The van der Waals surface area contributed by atoms with Crippen LogP contribution >= 0.6 is 11.3 Å². The first-order valence-electron chi connectivity index (χ1n) is 3.55. The van der Waals surface area contributed by atoms with E-state index in [4.69, 9.17) is 10.5 Å². The smallest absolute Gasteiger partial charge is 0.224 e. The fourth-order valence-electron chi connectivity index (χ4n) is 0.756. The van der Waals surface area contributed by atoms with Gasteiger partial charge in [0.15, 0.2) is 0 Å². The Morgan fingerprint density at radius 3 is 3.09 bits per heavy atom. The second kappa shape index (κ2) is 4.31. The van der Waals surface area contributed by atoms with Gasteiger partial charge in [-0.15, -0.1) is 11.3 Å². The van der Waals surface area contributed by atoms with Gasteiger partial charge in [0.05, 0.1) is 17.5 Å². The molecule has 0 spiro atoms. The largest absolute Gasteiger partial charge is 0.480 e. The van der Waals surface area contributed by atoms with Crippen LogP contribution in [-0.4, -0.2) is 18.6 Å². The van der Waals surface area contributed by atoms with Crippen molar-refractivity contribution in [2.24, 2.45) is 5.73 Å². The molecule has 0 saturated carbocycles. The maximum atomic E-state index is 5.36. The van der Waals surface area contributed by atoms with E-state index in [1.54, 1.807) is 18.4 Å². The number of ether oxygens (including phenoxy) is 1. The van der Waals surface area contributed by atoms with Gasteiger partial charge in [0.25, 0.3) is 0 Å². The summed E-state index contributed by atoms with van der Waals surface area (Å²) >= 11 is 1.62. The van der Waals surface area contributed by atoms with E-state index in [0.29, 0.717) is 5.88 Å². The summed E-state index contributed by atoms with van der Waals surface area (Å²) < 4.78 is 4.94. The standard InChI is InChI=1S/C7H12N2OS/c1-10-6-5-11-7(9-6)3-2-4-8/h5H,2-4,8H2,1H3. The Kier molecular flexibility index (Phi) is 3.32. The van der Waals surface area contributed by atoms with Crippen LogP contribution in [0.3, 0.4) is 0 Å². The van der Waals surface area contributed by atoms with Crippen molar-refractivity contribution in [3.8, 4) is 5.88 Å². The molecular weight excluding hydrogens is 160 g/mol. The maximum Gasteiger partial charge on any atom is 0.224 e. The van der Waals surface area contributed by atoms with Gasteiger partial charge in [-0.05, 0) is 13.0 Å². The van der Waals surface area contributed by atoms with Crippen LogP contribution in [0.25, 0.3) is 0 Å². The van der Waals surface area contributed by atoms with E-state index < -0.39 is 0 Å². The minimum absolute atomic E-state index is 0.710. The fourth-order valence-corrected chi connectivity index (χ4v) is 1.55. The topological polar surface area (TPSA) is 48.1 Å². The zero-order chi connectivity index (χ0) is 8.10. The molecule has 11 heavy (non-hydrogen) atoms. The highest BCUT2D eigenvalue weighted by atomic mass is 32.1. The van der Waals surface area contributed by atoms with E-state index in [0.717, 1.165) is 24.4 Å². The van der Waals surface area contributed by atoms with E-state index in [1.165, 1.54) is 0 Å². The monoisotopic (exact) mass is 172 g/mol. The van der Waals surface area contributed by atoms with Crippen molar-refractivity contribution in [2.75, 3.05) is 13.7 Å². The van der Waals surface area contributed by atoms with Crippen LogP contribution in [0, 0.1) is 0 Å². The molecule has 0 saturated heterocycles. The van der Waals surface area contributed by atoms with Crippen molar-refractivity contribution >= 4 is 11.3 Å². The van der Waals surface area contributed by atoms with Crippen LogP contribution in [-0.2, 0) is 6.42 Å². The van der Waals surface area contributed by atoms with Gasteiger partial charge in [-0.3, -0.25) is 0 Å². The molecule has 4 heteroatoms. The Morgan fingerprint density at radius 1 is 1.73 bits per heavy atom. The van der Waals surface area contributed by atoms with Gasteiger partial charge in [0.2, 0.25) is 5.88 Å². The third-order valence-corrected chi connectivity index (χ3v) is 2.22. The predicted octanol–water partition coefficient (Wildman–Crippen LogP) is 1.04. The van der Waals surface area contributed by atoms with Crippen molar-refractivity contribution in [3.05, 3.63) is 10.4 Å². The van der Waals surface area contributed by atoms with Crippen molar-refractivity contribution in [1.82, 2.24) is 4.98 Å². The molecule has 1 aromatic heterocycles. The highest BCUT2D eigenvalue weighted by molar-refractivity contribution is 7.09. The molecule has 0 atom stereocenters. The van der Waals surface area contributed by atoms with Crippen molar-refractivity contribution in [1.29, 1.82) is 0 Å². The Balaban J connectivity index is 2.44. The SMILES string of the molecule is COc1csc(CCCN)n1. The highest BCUT2D eigenvalue weighted by Crippen LogP contribution is 2.16. The quantitative estimate of drug-likeness (QED) is 0.738. The predicted molar refractivity (Wildman–Crippen MR) is 46.0 cm³/mol. The second-order valence-corrected chi connectivity index (χ2v) is 3.12. The number of hydrogen-bond acceptors (Lipinski definition) is 4. The third kappa shape index (κ3) is 2.48. The Morgan fingerprint density at radius 2 is 2.55 bits per heavy atom. The lowest BCUT2D eigenvalue weighted by Crippen LogP contribution is -1.99. The Bertz CT molecular complexity index is 212. The lowest BCUT2D eigenvalue weighted by molar-refractivity contribution is 0.399. The van der Waals surface area contributed by atoms with Crippen LogP contribution in [0.4, 0.5) is 0 Å². The molecule has 0 unspecified atom stereocenters. The van der Waals surface area contributed by atoms with Gasteiger partial charge in [0.1, 0.15) is 0 Å². The van der Waals surface area contributed by atoms with Crippen molar-refractivity contribution in [2.45, 2.75) is 12.8 Å². The second-order valence-electron chi connectivity index (χ2n) is 2.18. The first kappa shape index (κ1) is 8.49. The number of rotatable bonds is 4. The van der Waals surface area contributed by atoms with E-state index in [9.17, 15) is 0 Å². The number of methoxy groups -OCH3 is 1. The normalized spacial score (nSPS) is 10.0. The zero-order valence-electron chi connectivity index (χ0n) is 6.54. The number of nitrogens with two attached hydrogens (primary N) is 1. The summed E-state index contributed by atoms with van der Waals surface area (Å²) in [5, 5.41) is 3.01. The van der Waals surface area contributed by atoms with Gasteiger partial charge in [-0.2, -0.15) is 0 Å². The van der Waals surface area contributed by atoms with E-state index in [2.05, 4.69) is 4.98 Å². The molecular formula is C7H12N2OS. The molecule has 0 bridgehead atoms. The third-order valence-electron chi connectivity index (χ3n) is 1.33. The molecule has 0 fully saturated rings. The summed E-state index contributed by atoms with van der Waals surface area (Å²) in [5.74, 6) is 0.710.